The van der Waals surface area contributed by atoms with Gasteiger partial charge in [-0.25, -0.2) is 4.68 Å². The highest BCUT2D eigenvalue weighted by atomic mass is 16.5. The Labute approximate surface area is 236 Å². The molecule has 0 saturated heterocycles. The van der Waals surface area contributed by atoms with Gasteiger partial charge in [-0.05, 0) is 83.4 Å². The van der Waals surface area contributed by atoms with Gasteiger partial charge in [0.25, 0.3) is 5.56 Å². The predicted octanol–water partition coefficient (Wildman–Crippen LogP) is 5.17. The highest BCUT2D eigenvalue weighted by molar-refractivity contribution is 5.85. The Balaban J connectivity index is 1.55. The monoisotopic (exact) mass is 550 g/mol. The largest absolute Gasteiger partial charge is 0.497 e. The van der Waals surface area contributed by atoms with Crippen LogP contribution in [0.3, 0.4) is 0 Å². The topological polar surface area (TPSA) is 115 Å². The second-order valence-corrected chi connectivity index (χ2v) is 10.1. The molecule has 41 heavy (non-hydrogen) atoms. The van der Waals surface area contributed by atoms with Crippen LogP contribution in [0.15, 0.2) is 92.9 Å². The molecule has 0 saturated carbocycles. The molecule has 4 heterocycles. The summed E-state index contributed by atoms with van der Waals surface area (Å²) in [5.74, 6) is 2.69. The van der Waals surface area contributed by atoms with E-state index in [1.807, 2.05) is 74.5 Å². The van der Waals surface area contributed by atoms with Crippen molar-refractivity contribution in [2.45, 2.75) is 39.5 Å². The van der Waals surface area contributed by atoms with Gasteiger partial charge in [-0.2, -0.15) is 0 Å². The number of hydrogen-bond donors (Lipinski definition) is 1. The van der Waals surface area contributed by atoms with E-state index in [1.54, 1.807) is 24.3 Å². The first-order valence-electron chi connectivity index (χ1n) is 13.3. The molecule has 0 aliphatic rings. The van der Waals surface area contributed by atoms with Crippen LogP contribution in [0, 0.1) is 13.8 Å². The molecule has 2 aromatic carbocycles. The number of nitrogens with one attached hydrogen (secondary N) is 1. The summed E-state index contributed by atoms with van der Waals surface area (Å²) < 4.78 is 18.5. The van der Waals surface area contributed by atoms with Crippen LogP contribution in [-0.2, 0) is 19.6 Å². The molecule has 10 heteroatoms. The van der Waals surface area contributed by atoms with Crippen LogP contribution < -0.4 is 10.3 Å². The Morgan fingerprint density at radius 1 is 0.951 bits per heavy atom. The molecule has 208 valence electrons. The van der Waals surface area contributed by atoms with E-state index >= 15 is 0 Å². The lowest BCUT2D eigenvalue weighted by Gasteiger charge is -2.30. The smallest absolute Gasteiger partial charge is 0.253 e. The van der Waals surface area contributed by atoms with E-state index in [2.05, 4.69) is 31.5 Å². The van der Waals surface area contributed by atoms with Crippen molar-refractivity contribution in [3.05, 3.63) is 129 Å². The van der Waals surface area contributed by atoms with Crippen molar-refractivity contribution in [1.29, 1.82) is 0 Å². The number of aromatic nitrogens is 5. The van der Waals surface area contributed by atoms with E-state index in [-0.39, 0.29) is 5.56 Å². The van der Waals surface area contributed by atoms with Crippen molar-refractivity contribution in [3.63, 3.8) is 0 Å². The van der Waals surface area contributed by atoms with Gasteiger partial charge in [0, 0.05) is 17.5 Å². The molecule has 4 aromatic heterocycles. The van der Waals surface area contributed by atoms with Crippen molar-refractivity contribution in [3.8, 4) is 5.75 Å². The Morgan fingerprint density at radius 2 is 1.73 bits per heavy atom. The number of aryl methyl sites for hydroxylation is 2. The number of H-pyrrole nitrogens is 1. The third kappa shape index (κ3) is 5.42. The molecule has 0 aliphatic heterocycles. The van der Waals surface area contributed by atoms with Crippen LogP contribution in [0.5, 0.6) is 5.75 Å². The SMILES string of the molecule is COc1cccc(CN(Cc2ccco2)C(c2cc3c(C)ccc(C)c3[nH]c2=O)c2nnnn2Cc2ccco2)c1. The number of hydrogen-bond acceptors (Lipinski definition) is 8. The zero-order valence-electron chi connectivity index (χ0n) is 23.1. The molecule has 0 amide bonds. The molecule has 1 atom stereocenters. The maximum absolute atomic E-state index is 13.9. The summed E-state index contributed by atoms with van der Waals surface area (Å²) in [5.41, 5.74) is 4.18. The van der Waals surface area contributed by atoms with Gasteiger partial charge in [-0.3, -0.25) is 9.69 Å². The van der Waals surface area contributed by atoms with Crippen LogP contribution in [0.25, 0.3) is 10.9 Å². The van der Waals surface area contributed by atoms with E-state index in [1.165, 1.54) is 0 Å². The van der Waals surface area contributed by atoms with Crippen LogP contribution in [0.4, 0.5) is 0 Å². The lowest BCUT2D eigenvalue weighted by atomic mass is 9.99. The highest BCUT2D eigenvalue weighted by Crippen LogP contribution is 2.32. The summed E-state index contributed by atoms with van der Waals surface area (Å²) in [5, 5.41) is 13.8. The summed E-state index contributed by atoms with van der Waals surface area (Å²) in [7, 11) is 1.64. The van der Waals surface area contributed by atoms with Crippen LogP contribution >= 0.6 is 0 Å². The first-order valence-corrected chi connectivity index (χ1v) is 13.3. The molecular formula is C31H30N6O4. The molecule has 10 nitrogen and oxygen atoms in total. The second-order valence-electron chi connectivity index (χ2n) is 10.1. The summed E-state index contributed by atoms with van der Waals surface area (Å²) in [4.78, 5) is 19.2. The molecule has 6 rings (SSSR count). The fourth-order valence-electron chi connectivity index (χ4n) is 5.21. The van der Waals surface area contributed by atoms with Gasteiger partial charge >= 0.3 is 0 Å². The molecular weight excluding hydrogens is 520 g/mol. The van der Waals surface area contributed by atoms with Gasteiger partial charge < -0.3 is 18.6 Å². The Hall–Kier alpha value is -4.96. The minimum Gasteiger partial charge on any atom is -0.497 e. The van der Waals surface area contributed by atoms with E-state index in [4.69, 9.17) is 13.6 Å². The van der Waals surface area contributed by atoms with E-state index in [9.17, 15) is 4.79 Å². The molecule has 0 aliphatic carbocycles. The lowest BCUT2D eigenvalue weighted by molar-refractivity contribution is 0.178. The molecule has 1 N–H and O–H groups in total. The Morgan fingerprint density at radius 3 is 2.49 bits per heavy atom. The van der Waals surface area contributed by atoms with E-state index < -0.39 is 6.04 Å². The van der Waals surface area contributed by atoms with Crippen LogP contribution in [-0.4, -0.2) is 37.2 Å². The Kier molecular flexibility index (Phi) is 7.22. The first-order chi connectivity index (χ1) is 20.0. The molecule has 1 unspecified atom stereocenters. The minimum absolute atomic E-state index is 0.209. The second kappa shape index (κ2) is 11.3. The van der Waals surface area contributed by atoms with Crippen molar-refractivity contribution < 1.29 is 13.6 Å². The lowest BCUT2D eigenvalue weighted by Crippen LogP contribution is -2.35. The fraction of sp³-hybridized carbons (Fsp3) is 0.226. The summed E-state index contributed by atoms with van der Waals surface area (Å²) in [6.45, 7) is 5.19. The minimum atomic E-state index is -0.635. The number of nitrogens with zero attached hydrogens (tertiary/aromatic N) is 5. The van der Waals surface area contributed by atoms with Crippen molar-refractivity contribution >= 4 is 10.9 Å². The summed E-state index contributed by atoms with van der Waals surface area (Å²) in [6, 6.07) is 20.7. The predicted molar refractivity (Wildman–Crippen MR) is 152 cm³/mol. The number of fused-ring (bicyclic) bond motifs is 1. The maximum atomic E-state index is 13.9. The average molecular weight is 551 g/mol. The normalized spacial score (nSPS) is 12.3. The quantitative estimate of drug-likeness (QED) is 0.249. The molecule has 6 aromatic rings. The fourth-order valence-corrected chi connectivity index (χ4v) is 5.21. The number of pyridine rings is 1. The number of methoxy groups -OCH3 is 1. The zero-order valence-corrected chi connectivity index (χ0v) is 23.1. The van der Waals surface area contributed by atoms with Crippen molar-refractivity contribution in [2.75, 3.05) is 7.11 Å². The molecule has 0 bridgehead atoms. The van der Waals surface area contributed by atoms with Gasteiger partial charge in [0.15, 0.2) is 5.82 Å². The number of furan rings is 2. The summed E-state index contributed by atoms with van der Waals surface area (Å²) in [6.07, 6.45) is 3.26. The van der Waals surface area contributed by atoms with Gasteiger partial charge in [-0.15, -0.1) is 5.10 Å². The first kappa shape index (κ1) is 26.3. The molecule has 0 radical (unpaired) electrons. The Bertz CT molecular complexity index is 1820. The van der Waals surface area contributed by atoms with Crippen molar-refractivity contribution in [1.82, 2.24) is 30.1 Å². The molecule has 0 fully saturated rings. The number of ether oxygens (including phenoxy) is 1. The van der Waals surface area contributed by atoms with Gasteiger partial charge in [0.05, 0.1) is 31.7 Å². The number of tetrazole rings is 1. The van der Waals surface area contributed by atoms with Gasteiger partial charge in [0.2, 0.25) is 0 Å². The van der Waals surface area contributed by atoms with Gasteiger partial charge in [-0.1, -0.05) is 24.3 Å². The number of benzene rings is 2. The van der Waals surface area contributed by atoms with E-state index in [0.29, 0.717) is 36.8 Å². The third-order valence-electron chi connectivity index (χ3n) is 7.28. The average Bonchev–Trinajstić information content (AvgIpc) is 3.77. The zero-order chi connectivity index (χ0) is 28.3. The van der Waals surface area contributed by atoms with Crippen LogP contribution in [0.1, 0.15) is 45.6 Å². The third-order valence-corrected chi connectivity index (χ3v) is 7.28. The standard InChI is InChI=1S/C31H30N6O4/c1-20-11-12-21(2)28-26(20)16-27(31(38)32-28)29(30-33-34-35-37(30)19-25-10-6-14-41-25)36(18-24-9-5-13-40-24)17-22-7-4-8-23(15-22)39-3/h4-16,29H,17-19H2,1-3H3,(H,32,38). The number of aromatic amines is 1. The van der Waals surface area contributed by atoms with Crippen molar-refractivity contribution in [2.24, 2.45) is 0 Å². The van der Waals surface area contributed by atoms with Crippen LogP contribution in [0.2, 0.25) is 0 Å². The van der Waals surface area contributed by atoms with E-state index in [0.717, 1.165) is 39.1 Å². The maximum Gasteiger partial charge on any atom is 0.253 e. The highest BCUT2D eigenvalue weighted by Gasteiger charge is 2.32. The summed E-state index contributed by atoms with van der Waals surface area (Å²) >= 11 is 0. The molecule has 0 spiro atoms. The number of rotatable bonds is 10. The van der Waals surface area contributed by atoms with Gasteiger partial charge in [0.1, 0.15) is 29.9 Å².